The molecule has 110 valence electrons. The number of carbonyl (C=O) groups is 1. The molecule has 2 rings (SSSR count). The Balaban J connectivity index is 2.30. The van der Waals surface area contributed by atoms with E-state index in [1.807, 2.05) is 6.07 Å². The highest BCUT2D eigenvalue weighted by Gasteiger charge is 2.17. The predicted octanol–water partition coefficient (Wildman–Crippen LogP) is 3.14. The van der Waals surface area contributed by atoms with Crippen molar-refractivity contribution in [1.29, 1.82) is 0 Å². The molecule has 0 aliphatic rings. The van der Waals surface area contributed by atoms with E-state index in [2.05, 4.69) is 0 Å². The van der Waals surface area contributed by atoms with Crippen molar-refractivity contribution in [3.05, 3.63) is 65.7 Å². The molecule has 2 aromatic carbocycles. The van der Waals surface area contributed by atoms with E-state index in [-0.39, 0.29) is 24.6 Å². The van der Waals surface area contributed by atoms with Crippen LogP contribution in [-0.4, -0.2) is 19.6 Å². The number of halogens is 2. The number of anilines is 1. The smallest absolute Gasteiger partial charge is 0.253 e. The Morgan fingerprint density at radius 3 is 2.48 bits per heavy atom. The third kappa shape index (κ3) is 3.86. The molecule has 0 radical (unpaired) electrons. The predicted molar refractivity (Wildman–Crippen MR) is 75.9 cm³/mol. The summed E-state index contributed by atoms with van der Waals surface area (Å²) in [5.41, 5.74) is 0.869. The van der Waals surface area contributed by atoms with Crippen LogP contribution in [0.25, 0.3) is 0 Å². The molecular formula is C16H15F2NO2. The van der Waals surface area contributed by atoms with Crippen LogP contribution >= 0.6 is 0 Å². The summed E-state index contributed by atoms with van der Waals surface area (Å²) < 4.78 is 31.6. The van der Waals surface area contributed by atoms with E-state index < -0.39 is 11.6 Å². The van der Waals surface area contributed by atoms with Gasteiger partial charge in [0.2, 0.25) is 0 Å². The average molecular weight is 291 g/mol. The van der Waals surface area contributed by atoms with Gasteiger partial charge in [0.25, 0.3) is 5.91 Å². The van der Waals surface area contributed by atoms with E-state index in [1.54, 1.807) is 24.3 Å². The topological polar surface area (TPSA) is 29.5 Å². The zero-order chi connectivity index (χ0) is 15.2. The minimum atomic E-state index is -0.679. The first-order valence-corrected chi connectivity index (χ1v) is 6.40. The van der Waals surface area contributed by atoms with E-state index in [0.717, 1.165) is 6.07 Å². The van der Waals surface area contributed by atoms with E-state index >= 15 is 0 Å². The van der Waals surface area contributed by atoms with Crippen LogP contribution in [0.2, 0.25) is 0 Å². The van der Waals surface area contributed by atoms with Gasteiger partial charge < -0.3 is 9.64 Å². The highest BCUT2D eigenvalue weighted by Crippen LogP contribution is 2.19. The van der Waals surface area contributed by atoms with Crippen LogP contribution in [0.4, 0.5) is 14.5 Å². The monoisotopic (exact) mass is 291 g/mol. The fourth-order valence-electron chi connectivity index (χ4n) is 1.95. The van der Waals surface area contributed by atoms with Gasteiger partial charge >= 0.3 is 0 Å². The van der Waals surface area contributed by atoms with Crippen molar-refractivity contribution in [1.82, 2.24) is 0 Å². The summed E-state index contributed by atoms with van der Waals surface area (Å²) in [4.78, 5) is 13.5. The summed E-state index contributed by atoms with van der Waals surface area (Å²) in [6.07, 6.45) is 0. The van der Waals surface area contributed by atoms with Crippen molar-refractivity contribution >= 4 is 11.6 Å². The third-order valence-corrected chi connectivity index (χ3v) is 2.98. The van der Waals surface area contributed by atoms with Crippen molar-refractivity contribution in [3.8, 4) is 0 Å². The lowest BCUT2D eigenvalue weighted by atomic mass is 10.1. The van der Waals surface area contributed by atoms with Crippen LogP contribution in [-0.2, 0) is 16.1 Å². The Hall–Kier alpha value is -2.27. The van der Waals surface area contributed by atoms with E-state index in [0.29, 0.717) is 5.69 Å². The largest absolute Gasteiger partial charge is 0.375 e. The minimum Gasteiger partial charge on any atom is -0.375 e. The number of hydrogen-bond acceptors (Lipinski definition) is 2. The molecule has 0 N–H and O–H groups in total. The van der Waals surface area contributed by atoms with E-state index in [9.17, 15) is 13.6 Å². The van der Waals surface area contributed by atoms with Gasteiger partial charge in [-0.25, -0.2) is 8.78 Å². The van der Waals surface area contributed by atoms with Gasteiger partial charge in [0.05, 0.1) is 6.54 Å². The molecule has 3 nitrogen and oxygen atoms in total. The molecule has 0 bridgehead atoms. The van der Waals surface area contributed by atoms with Gasteiger partial charge in [0.15, 0.2) is 0 Å². The third-order valence-electron chi connectivity index (χ3n) is 2.98. The van der Waals surface area contributed by atoms with Crippen LogP contribution < -0.4 is 4.90 Å². The Bertz CT molecular complexity index is 617. The standard InChI is InChI=1S/C16H15F2NO2/c1-21-11-16(20)19(14-5-3-2-4-6-14)10-12-7-8-13(17)9-15(12)18/h2-9H,10-11H2,1H3. The van der Waals surface area contributed by atoms with Crippen LogP contribution in [0.5, 0.6) is 0 Å². The molecule has 0 aliphatic carbocycles. The molecule has 0 saturated carbocycles. The molecule has 5 heteroatoms. The van der Waals surface area contributed by atoms with Crippen molar-refractivity contribution in [3.63, 3.8) is 0 Å². The van der Waals surface area contributed by atoms with Gasteiger partial charge in [-0.15, -0.1) is 0 Å². The second-order valence-corrected chi connectivity index (χ2v) is 4.48. The number of benzene rings is 2. The molecule has 0 saturated heterocycles. The van der Waals surface area contributed by atoms with Gasteiger partial charge in [-0.2, -0.15) is 0 Å². The second-order valence-electron chi connectivity index (χ2n) is 4.48. The maximum atomic E-state index is 13.8. The summed E-state index contributed by atoms with van der Waals surface area (Å²) in [5, 5.41) is 0. The summed E-state index contributed by atoms with van der Waals surface area (Å²) in [6.45, 7) is -0.101. The molecule has 0 spiro atoms. The Kier molecular flexibility index (Phi) is 5.00. The first-order chi connectivity index (χ1) is 10.1. The lowest BCUT2D eigenvalue weighted by Crippen LogP contribution is -2.33. The van der Waals surface area contributed by atoms with Gasteiger partial charge in [-0.3, -0.25) is 4.79 Å². The number of carbonyl (C=O) groups excluding carboxylic acids is 1. The molecule has 2 aromatic rings. The fraction of sp³-hybridized carbons (Fsp3) is 0.188. The molecule has 21 heavy (non-hydrogen) atoms. The first kappa shape index (κ1) is 15.1. The van der Waals surface area contributed by atoms with Crippen molar-refractivity contribution < 1.29 is 18.3 Å². The van der Waals surface area contributed by atoms with Crippen LogP contribution in [0.3, 0.4) is 0 Å². The summed E-state index contributed by atoms with van der Waals surface area (Å²) in [7, 11) is 1.42. The highest BCUT2D eigenvalue weighted by atomic mass is 19.1. The molecule has 1 amide bonds. The summed E-state index contributed by atoms with van der Waals surface area (Å²) >= 11 is 0. The first-order valence-electron chi connectivity index (χ1n) is 6.40. The van der Waals surface area contributed by atoms with E-state index in [1.165, 1.54) is 24.1 Å². The number of methoxy groups -OCH3 is 1. The lowest BCUT2D eigenvalue weighted by Gasteiger charge is -2.23. The SMILES string of the molecule is COCC(=O)N(Cc1ccc(F)cc1F)c1ccccc1. The minimum absolute atomic E-state index is 0.0122. The van der Waals surface area contributed by atoms with Gasteiger partial charge in [0, 0.05) is 24.4 Å². The highest BCUT2D eigenvalue weighted by molar-refractivity contribution is 5.94. The molecule has 0 unspecified atom stereocenters. The van der Waals surface area contributed by atoms with Gasteiger partial charge in [0.1, 0.15) is 18.2 Å². The summed E-state index contributed by atoms with van der Waals surface area (Å²) in [5.74, 6) is -1.63. The van der Waals surface area contributed by atoms with Crippen LogP contribution in [0, 0.1) is 11.6 Å². The number of para-hydroxylation sites is 1. The number of amides is 1. The van der Waals surface area contributed by atoms with E-state index in [4.69, 9.17) is 4.74 Å². The van der Waals surface area contributed by atoms with Crippen LogP contribution in [0.1, 0.15) is 5.56 Å². The quantitative estimate of drug-likeness (QED) is 0.847. The van der Waals surface area contributed by atoms with Gasteiger partial charge in [-0.05, 0) is 18.2 Å². The maximum absolute atomic E-state index is 13.8. The maximum Gasteiger partial charge on any atom is 0.253 e. The fourth-order valence-corrected chi connectivity index (χ4v) is 1.95. The van der Waals surface area contributed by atoms with Crippen molar-refractivity contribution in [2.45, 2.75) is 6.54 Å². The Morgan fingerprint density at radius 1 is 1.14 bits per heavy atom. The molecular weight excluding hydrogens is 276 g/mol. The lowest BCUT2D eigenvalue weighted by molar-refractivity contribution is -0.122. The number of rotatable bonds is 5. The molecule has 0 aromatic heterocycles. The number of hydrogen-bond donors (Lipinski definition) is 0. The number of ether oxygens (including phenoxy) is 1. The van der Waals surface area contributed by atoms with Crippen LogP contribution in [0.15, 0.2) is 48.5 Å². The molecule has 0 heterocycles. The molecule has 0 fully saturated rings. The normalized spacial score (nSPS) is 10.4. The Morgan fingerprint density at radius 2 is 1.86 bits per heavy atom. The zero-order valence-corrected chi connectivity index (χ0v) is 11.6. The molecule has 0 aliphatic heterocycles. The van der Waals surface area contributed by atoms with Crippen molar-refractivity contribution in [2.24, 2.45) is 0 Å². The average Bonchev–Trinajstić information content (AvgIpc) is 2.47. The summed E-state index contributed by atoms with van der Waals surface area (Å²) in [6, 6.07) is 12.2. The second kappa shape index (κ2) is 6.95. The Labute approximate surface area is 121 Å². The number of nitrogens with zero attached hydrogens (tertiary/aromatic N) is 1. The van der Waals surface area contributed by atoms with Crippen molar-refractivity contribution in [2.75, 3.05) is 18.6 Å². The molecule has 0 atom stereocenters. The zero-order valence-electron chi connectivity index (χ0n) is 11.6. The van der Waals surface area contributed by atoms with Gasteiger partial charge in [-0.1, -0.05) is 24.3 Å².